The highest BCUT2D eigenvalue weighted by Crippen LogP contribution is 2.27. The Kier molecular flexibility index (Phi) is 3.49. The fourth-order valence-electron chi connectivity index (χ4n) is 4.10. The maximum absolute atomic E-state index is 12.9. The Hall–Kier alpha value is -2.08. The van der Waals surface area contributed by atoms with Gasteiger partial charge in [-0.25, -0.2) is 0 Å². The first-order valence-electron chi connectivity index (χ1n) is 8.40. The molecule has 1 aromatic heterocycles. The largest absolute Gasteiger partial charge is 0.334 e. The van der Waals surface area contributed by atoms with Gasteiger partial charge in [0.05, 0.1) is 10.9 Å². The minimum Gasteiger partial charge on any atom is -0.334 e. The van der Waals surface area contributed by atoms with E-state index in [0.29, 0.717) is 17.0 Å². The smallest absolute Gasteiger partial charge is 0.271 e. The number of carbonyl (C=O) groups excluding carboxylic acids is 1. The standard InChI is InChI=1S/C17H22N4O2/c1-11-15(20-7-2-3-8-20)6-9-21(11)17(23)12-4-5-14-13(10-12)16(22)19-18-14/h4-5,10-11,15H,2-3,6-9H2,1H3,(H2,18,19,22). The fraction of sp³-hybridized carbons (Fsp3) is 0.529. The van der Waals surface area contributed by atoms with Gasteiger partial charge in [0.15, 0.2) is 0 Å². The molecule has 6 heteroatoms. The molecule has 1 amide bonds. The van der Waals surface area contributed by atoms with Crippen LogP contribution in [0.5, 0.6) is 0 Å². The molecule has 0 radical (unpaired) electrons. The van der Waals surface area contributed by atoms with Gasteiger partial charge >= 0.3 is 0 Å². The maximum Gasteiger partial charge on any atom is 0.271 e. The molecular weight excluding hydrogens is 292 g/mol. The molecule has 2 aromatic rings. The molecule has 0 bridgehead atoms. The van der Waals surface area contributed by atoms with Crippen LogP contribution in [0, 0.1) is 0 Å². The number of nitrogens with one attached hydrogen (secondary N) is 2. The number of hydrogen-bond acceptors (Lipinski definition) is 3. The van der Waals surface area contributed by atoms with Gasteiger partial charge < -0.3 is 4.90 Å². The quantitative estimate of drug-likeness (QED) is 0.883. The lowest BCUT2D eigenvalue weighted by Crippen LogP contribution is -2.44. The molecule has 2 unspecified atom stereocenters. The van der Waals surface area contributed by atoms with Gasteiger partial charge in [-0.05, 0) is 57.5 Å². The third-order valence-electron chi connectivity index (χ3n) is 5.41. The Morgan fingerprint density at radius 3 is 2.74 bits per heavy atom. The summed E-state index contributed by atoms with van der Waals surface area (Å²) in [5, 5.41) is 5.90. The van der Waals surface area contributed by atoms with Crippen LogP contribution >= 0.6 is 0 Å². The summed E-state index contributed by atoms with van der Waals surface area (Å²) in [5.74, 6) is 0.0293. The zero-order valence-electron chi connectivity index (χ0n) is 13.3. The highest BCUT2D eigenvalue weighted by Gasteiger charge is 2.38. The summed E-state index contributed by atoms with van der Waals surface area (Å²) in [5.41, 5.74) is 1.14. The Morgan fingerprint density at radius 1 is 1.17 bits per heavy atom. The van der Waals surface area contributed by atoms with E-state index in [0.717, 1.165) is 31.6 Å². The maximum atomic E-state index is 12.9. The summed E-state index contributed by atoms with van der Waals surface area (Å²) in [6.45, 7) is 5.25. The van der Waals surface area contributed by atoms with E-state index >= 15 is 0 Å². The van der Waals surface area contributed by atoms with E-state index < -0.39 is 0 Å². The summed E-state index contributed by atoms with van der Waals surface area (Å²) in [7, 11) is 0. The number of likely N-dealkylation sites (tertiary alicyclic amines) is 2. The van der Waals surface area contributed by atoms with E-state index in [1.807, 2.05) is 4.90 Å². The van der Waals surface area contributed by atoms with Gasteiger partial charge in [-0.3, -0.25) is 24.7 Å². The van der Waals surface area contributed by atoms with Crippen LogP contribution in [0.1, 0.15) is 36.5 Å². The summed E-state index contributed by atoms with van der Waals surface area (Å²) in [4.78, 5) is 29.1. The molecule has 122 valence electrons. The second-order valence-electron chi connectivity index (χ2n) is 6.68. The molecule has 1 aromatic carbocycles. The molecule has 3 heterocycles. The Labute approximate surface area is 134 Å². The van der Waals surface area contributed by atoms with Crippen molar-refractivity contribution in [3.8, 4) is 0 Å². The van der Waals surface area contributed by atoms with Crippen molar-refractivity contribution in [2.45, 2.75) is 38.3 Å². The first-order chi connectivity index (χ1) is 11.1. The number of amides is 1. The molecule has 2 aliphatic heterocycles. The minimum absolute atomic E-state index is 0.0293. The highest BCUT2D eigenvalue weighted by molar-refractivity contribution is 5.98. The van der Waals surface area contributed by atoms with Gasteiger partial charge in [0.25, 0.3) is 11.5 Å². The third-order valence-corrected chi connectivity index (χ3v) is 5.41. The molecule has 0 aliphatic carbocycles. The number of benzene rings is 1. The van der Waals surface area contributed by atoms with Gasteiger partial charge in [-0.2, -0.15) is 0 Å². The number of aromatic nitrogens is 2. The van der Waals surface area contributed by atoms with Crippen molar-refractivity contribution in [1.82, 2.24) is 20.0 Å². The van der Waals surface area contributed by atoms with E-state index in [1.54, 1.807) is 18.2 Å². The molecule has 0 saturated carbocycles. The topological polar surface area (TPSA) is 72.2 Å². The second kappa shape index (κ2) is 5.53. The predicted molar refractivity (Wildman–Crippen MR) is 88.6 cm³/mol. The highest BCUT2D eigenvalue weighted by atomic mass is 16.2. The molecule has 4 rings (SSSR count). The van der Waals surface area contributed by atoms with Crippen molar-refractivity contribution in [2.24, 2.45) is 0 Å². The first kappa shape index (κ1) is 14.5. The SMILES string of the molecule is CC1C(N2CCCC2)CCN1C(=O)c1ccc2[nH][nH]c(=O)c2c1. The van der Waals surface area contributed by atoms with E-state index in [-0.39, 0.29) is 17.5 Å². The Balaban J connectivity index is 1.58. The summed E-state index contributed by atoms with van der Waals surface area (Å²) in [6, 6.07) is 5.98. The molecule has 2 fully saturated rings. The number of rotatable bonds is 2. The summed E-state index contributed by atoms with van der Waals surface area (Å²) in [6.07, 6.45) is 3.58. The van der Waals surface area contributed by atoms with Gasteiger partial charge in [0.1, 0.15) is 0 Å². The van der Waals surface area contributed by atoms with Crippen LogP contribution in [0.25, 0.3) is 10.9 Å². The molecule has 6 nitrogen and oxygen atoms in total. The Bertz CT molecular complexity index is 787. The third kappa shape index (κ3) is 2.37. The average molecular weight is 314 g/mol. The number of nitrogens with zero attached hydrogens (tertiary/aromatic N) is 2. The lowest BCUT2D eigenvalue weighted by Gasteiger charge is -2.30. The fourth-order valence-corrected chi connectivity index (χ4v) is 4.10. The van der Waals surface area contributed by atoms with Gasteiger partial charge in [0, 0.05) is 24.2 Å². The molecular formula is C17H22N4O2. The van der Waals surface area contributed by atoms with Crippen molar-refractivity contribution in [2.75, 3.05) is 19.6 Å². The van der Waals surface area contributed by atoms with Crippen molar-refractivity contribution in [3.63, 3.8) is 0 Å². The van der Waals surface area contributed by atoms with Crippen LogP contribution in [0.2, 0.25) is 0 Å². The predicted octanol–water partition coefficient (Wildman–Crippen LogP) is 1.55. The summed E-state index contributed by atoms with van der Waals surface area (Å²) >= 11 is 0. The van der Waals surface area contributed by atoms with E-state index in [1.165, 1.54) is 12.8 Å². The monoisotopic (exact) mass is 314 g/mol. The zero-order chi connectivity index (χ0) is 16.0. The van der Waals surface area contributed by atoms with Crippen LogP contribution in [-0.2, 0) is 0 Å². The Morgan fingerprint density at radius 2 is 1.96 bits per heavy atom. The van der Waals surface area contributed by atoms with Crippen LogP contribution < -0.4 is 5.56 Å². The van der Waals surface area contributed by atoms with Gasteiger partial charge in [0.2, 0.25) is 0 Å². The van der Waals surface area contributed by atoms with Crippen LogP contribution in [0.4, 0.5) is 0 Å². The van der Waals surface area contributed by atoms with E-state index in [9.17, 15) is 9.59 Å². The van der Waals surface area contributed by atoms with Crippen molar-refractivity contribution in [1.29, 1.82) is 0 Å². The number of fused-ring (bicyclic) bond motifs is 1. The van der Waals surface area contributed by atoms with Gasteiger partial charge in [-0.1, -0.05) is 0 Å². The van der Waals surface area contributed by atoms with E-state index in [4.69, 9.17) is 0 Å². The molecule has 0 spiro atoms. The van der Waals surface area contributed by atoms with Gasteiger partial charge in [-0.15, -0.1) is 0 Å². The lowest BCUT2D eigenvalue weighted by molar-refractivity contribution is 0.0712. The van der Waals surface area contributed by atoms with Crippen LogP contribution in [-0.4, -0.2) is 57.6 Å². The van der Waals surface area contributed by atoms with Crippen LogP contribution in [0.15, 0.2) is 23.0 Å². The van der Waals surface area contributed by atoms with E-state index in [2.05, 4.69) is 22.0 Å². The average Bonchev–Trinajstić information content (AvgIpc) is 3.27. The number of H-pyrrole nitrogens is 2. The normalized spacial score (nSPS) is 25.5. The summed E-state index contributed by atoms with van der Waals surface area (Å²) < 4.78 is 0. The molecule has 2 atom stereocenters. The van der Waals surface area contributed by atoms with Crippen molar-refractivity contribution in [3.05, 3.63) is 34.1 Å². The second-order valence-corrected chi connectivity index (χ2v) is 6.68. The number of hydrogen-bond donors (Lipinski definition) is 2. The molecule has 23 heavy (non-hydrogen) atoms. The number of aromatic amines is 2. The van der Waals surface area contributed by atoms with Crippen molar-refractivity contribution >= 4 is 16.8 Å². The molecule has 2 N–H and O–H groups in total. The lowest BCUT2D eigenvalue weighted by atomic mass is 10.1. The first-order valence-corrected chi connectivity index (χ1v) is 8.40. The molecule has 2 aliphatic rings. The molecule has 2 saturated heterocycles. The minimum atomic E-state index is -0.181. The zero-order valence-corrected chi connectivity index (χ0v) is 13.3. The van der Waals surface area contributed by atoms with Crippen molar-refractivity contribution < 1.29 is 4.79 Å². The van der Waals surface area contributed by atoms with Crippen LogP contribution in [0.3, 0.4) is 0 Å². The number of carbonyl (C=O) groups is 1.